The summed E-state index contributed by atoms with van der Waals surface area (Å²) in [7, 11) is 1.40. The number of ether oxygens (including phenoxy) is 1. The average molecular weight is 405 g/mol. The minimum absolute atomic E-state index is 0.315. The highest BCUT2D eigenvalue weighted by atomic mass is 32.1. The summed E-state index contributed by atoms with van der Waals surface area (Å²) in [6.07, 6.45) is 1.99. The van der Waals surface area contributed by atoms with E-state index in [1.165, 1.54) is 18.4 Å². The van der Waals surface area contributed by atoms with Gasteiger partial charge in [-0.05, 0) is 50.5 Å². The first kappa shape index (κ1) is 21.4. The highest BCUT2D eigenvalue weighted by Gasteiger charge is 2.24. The molecular weight excluding hydrogens is 376 g/mol. The Hall–Kier alpha value is -1.92. The van der Waals surface area contributed by atoms with Crippen LogP contribution in [0.1, 0.15) is 50.9 Å². The highest BCUT2D eigenvalue weighted by Crippen LogP contribution is 2.36. The average Bonchev–Trinajstić information content (AvgIpc) is 3.11. The van der Waals surface area contributed by atoms with Crippen LogP contribution in [-0.2, 0) is 4.74 Å². The molecule has 2 rings (SSSR count). The zero-order chi connectivity index (χ0) is 20.0. The zero-order valence-corrected chi connectivity index (χ0v) is 18.2. The number of hydrogen-bond acceptors (Lipinski definition) is 4. The molecule has 0 aliphatic rings. The molecule has 146 valence electrons. The van der Waals surface area contributed by atoms with Gasteiger partial charge < -0.3 is 15.0 Å². The summed E-state index contributed by atoms with van der Waals surface area (Å²) in [4.78, 5) is 15.5. The summed E-state index contributed by atoms with van der Waals surface area (Å²) in [6.45, 7) is 8.65. The third-order valence-electron chi connectivity index (χ3n) is 4.78. The Morgan fingerprint density at radius 2 is 1.78 bits per heavy atom. The van der Waals surface area contributed by atoms with E-state index in [4.69, 9.17) is 17.0 Å². The number of methoxy groups -OCH3 is 1. The van der Waals surface area contributed by atoms with Gasteiger partial charge in [-0.15, -0.1) is 11.3 Å². The molecule has 2 aromatic rings. The fraction of sp³-hybridized carbons (Fsp3) is 0.429. The topological polar surface area (TPSA) is 41.6 Å². The molecule has 0 aliphatic carbocycles. The molecule has 0 radical (unpaired) electrons. The number of esters is 1. The van der Waals surface area contributed by atoms with Crippen LogP contribution in [0.3, 0.4) is 0 Å². The quantitative estimate of drug-likeness (QED) is 0.467. The van der Waals surface area contributed by atoms with Crippen LogP contribution in [0.4, 0.5) is 5.00 Å². The molecule has 0 amide bonds. The molecule has 27 heavy (non-hydrogen) atoms. The van der Waals surface area contributed by atoms with Crippen molar-refractivity contribution in [2.75, 3.05) is 12.4 Å². The van der Waals surface area contributed by atoms with Crippen LogP contribution in [-0.4, -0.2) is 35.2 Å². The lowest BCUT2D eigenvalue weighted by Crippen LogP contribution is -2.46. The SMILES string of the molecule is CCC(C)N(C(=S)Nc1sc(-c2ccccc2)cc1C(=O)OC)C(C)CC. The fourth-order valence-corrected chi connectivity index (χ4v) is 4.46. The maximum atomic E-state index is 12.3. The number of rotatable bonds is 7. The van der Waals surface area contributed by atoms with Gasteiger partial charge in [0.05, 0.1) is 12.7 Å². The van der Waals surface area contributed by atoms with E-state index in [0.717, 1.165) is 28.3 Å². The van der Waals surface area contributed by atoms with Crippen LogP contribution >= 0.6 is 23.6 Å². The molecule has 0 saturated heterocycles. The first-order valence-electron chi connectivity index (χ1n) is 9.29. The monoisotopic (exact) mass is 404 g/mol. The number of thiocarbonyl (C=S) groups is 1. The standard InChI is InChI=1S/C21H28N2O2S2/c1-6-14(3)23(15(4)7-2)21(26)22-19-17(20(24)25-5)13-18(27-19)16-11-9-8-10-12-16/h8-15H,6-7H2,1-5H3,(H,22,26). The van der Waals surface area contributed by atoms with Crippen molar-refractivity contribution in [3.8, 4) is 10.4 Å². The number of benzene rings is 1. The molecule has 1 aromatic carbocycles. The predicted molar refractivity (Wildman–Crippen MR) is 119 cm³/mol. The lowest BCUT2D eigenvalue weighted by molar-refractivity contribution is 0.0602. The van der Waals surface area contributed by atoms with Crippen molar-refractivity contribution in [3.05, 3.63) is 42.0 Å². The molecule has 1 heterocycles. The van der Waals surface area contributed by atoms with Gasteiger partial charge >= 0.3 is 5.97 Å². The van der Waals surface area contributed by atoms with Crippen LogP contribution in [0.15, 0.2) is 36.4 Å². The Labute approximate surface area is 171 Å². The van der Waals surface area contributed by atoms with Crippen molar-refractivity contribution in [1.29, 1.82) is 0 Å². The second-order valence-corrected chi connectivity index (χ2v) is 8.00. The van der Waals surface area contributed by atoms with Gasteiger partial charge in [0.2, 0.25) is 0 Å². The fourth-order valence-electron chi connectivity index (χ4n) is 2.88. The van der Waals surface area contributed by atoms with Gasteiger partial charge in [-0.3, -0.25) is 0 Å². The van der Waals surface area contributed by atoms with Crippen molar-refractivity contribution in [3.63, 3.8) is 0 Å². The molecule has 6 heteroatoms. The summed E-state index contributed by atoms with van der Waals surface area (Å²) in [5.74, 6) is -0.364. The molecule has 1 N–H and O–H groups in total. The molecule has 0 bridgehead atoms. The van der Waals surface area contributed by atoms with E-state index in [9.17, 15) is 4.79 Å². The van der Waals surface area contributed by atoms with E-state index >= 15 is 0 Å². The molecule has 1 aromatic heterocycles. The van der Waals surface area contributed by atoms with E-state index in [1.807, 2.05) is 36.4 Å². The lowest BCUT2D eigenvalue weighted by Gasteiger charge is -2.36. The third-order valence-corrected chi connectivity index (χ3v) is 6.19. The number of thiophene rings is 1. The first-order valence-corrected chi connectivity index (χ1v) is 10.5. The maximum absolute atomic E-state index is 12.3. The predicted octanol–water partition coefficient (Wildman–Crippen LogP) is 5.80. The van der Waals surface area contributed by atoms with E-state index in [2.05, 4.69) is 37.9 Å². The van der Waals surface area contributed by atoms with Crippen molar-refractivity contribution in [2.24, 2.45) is 0 Å². The Morgan fingerprint density at radius 3 is 2.30 bits per heavy atom. The van der Waals surface area contributed by atoms with E-state index < -0.39 is 0 Å². The number of anilines is 1. The third kappa shape index (κ3) is 5.08. The van der Waals surface area contributed by atoms with Gasteiger partial charge in [0.25, 0.3) is 0 Å². The van der Waals surface area contributed by atoms with Gasteiger partial charge in [0.1, 0.15) is 5.00 Å². The molecule has 0 spiro atoms. The normalized spacial score (nSPS) is 12.9. The Kier molecular flexibility index (Phi) is 7.80. The summed E-state index contributed by atoms with van der Waals surface area (Å²) in [5, 5.41) is 4.69. The molecule has 2 atom stereocenters. The van der Waals surface area contributed by atoms with Gasteiger partial charge in [0, 0.05) is 17.0 Å². The zero-order valence-electron chi connectivity index (χ0n) is 16.6. The lowest BCUT2D eigenvalue weighted by atomic mass is 10.1. The van der Waals surface area contributed by atoms with Crippen LogP contribution < -0.4 is 5.32 Å². The van der Waals surface area contributed by atoms with Crippen LogP contribution in [0.25, 0.3) is 10.4 Å². The highest BCUT2D eigenvalue weighted by molar-refractivity contribution is 7.80. The van der Waals surface area contributed by atoms with Gasteiger partial charge in [-0.25, -0.2) is 4.79 Å². The van der Waals surface area contributed by atoms with E-state index in [1.54, 1.807) is 0 Å². The molecule has 4 nitrogen and oxygen atoms in total. The smallest absolute Gasteiger partial charge is 0.340 e. The van der Waals surface area contributed by atoms with Crippen molar-refractivity contribution in [1.82, 2.24) is 4.90 Å². The number of nitrogens with zero attached hydrogens (tertiary/aromatic N) is 1. The molecule has 0 aliphatic heterocycles. The van der Waals surface area contributed by atoms with Crippen LogP contribution in [0, 0.1) is 0 Å². The maximum Gasteiger partial charge on any atom is 0.340 e. The summed E-state index contributed by atoms with van der Waals surface area (Å²) >= 11 is 7.23. The summed E-state index contributed by atoms with van der Waals surface area (Å²) in [6, 6.07) is 12.5. The second-order valence-electron chi connectivity index (χ2n) is 6.56. The number of carbonyl (C=O) groups excluding carboxylic acids is 1. The summed E-state index contributed by atoms with van der Waals surface area (Å²) in [5.41, 5.74) is 1.57. The Balaban J connectivity index is 2.37. The van der Waals surface area contributed by atoms with E-state index in [0.29, 0.717) is 22.8 Å². The van der Waals surface area contributed by atoms with Crippen LogP contribution in [0.2, 0.25) is 0 Å². The van der Waals surface area contributed by atoms with Crippen molar-refractivity contribution in [2.45, 2.75) is 52.6 Å². The van der Waals surface area contributed by atoms with Gasteiger partial charge in [-0.1, -0.05) is 44.2 Å². The minimum atomic E-state index is -0.364. The van der Waals surface area contributed by atoms with Gasteiger partial charge in [0.15, 0.2) is 5.11 Å². The van der Waals surface area contributed by atoms with Crippen LogP contribution in [0.5, 0.6) is 0 Å². The molecule has 2 unspecified atom stereocenters. The molecule has 0 saturated carbocycles. The number of hydrogen-bond donors (Lipinski definition) is 1. The number of carbonyl (C=O) groups is 1. The van der Waals surface area contributed by atoms with E-state index in [-0.39, 0.29) is 5.97 Å². The molecule has 0 fully saturated rings. The van der Waals surface area contributed by atoms with Gasteiger partial charge in [-0.2, -0.15) is 0 Å². The number of nitrogens with one attached hydrogen (secondary N) is 1. The largest absolute Gasteiger partial charge is 0.465 e. The minimum Gasteiger partial charge on any atom is -0.465 e. The first-order chi connectivity index (χ1) is 12.9. The van der Waals surface area contributed by atoms with Crippen molar-refractivity contribution >= 4 is 39.6 Å². The molecular formula is C21H28N2O2S2. The Bertz CT molecular complexity index is 764. The summed E-state index contributed by atoms with van der Waals surface area (Å²) < 4.78 is 4.98. The second kappa shape index (κ2) is 9.85. The Morgan fingerprint density at radius 1 is 1.19 bits per heavy atom. The van der Waals surface area contributed by atoms with Crippen molar-refractivity contribution < 1.29 is 9.53 Å².